The maximum absolute atomic E-state index is 13.2. The number of carbonyl (C=O) groups is 1. The molecule has 0 radical (unpaired) electrons. The number of halogens is 3. The monoisotopic (exact) mass is 260 g/mol. The van der Waals surface area contributed by atoms with Crippen LogP contribution in [-0.4, -0.2) is 19.0 Å². The molecule has 0 fully saturated rings. The number of nitrogens with one attached hydrogen (secondary N) is 2. The molecule has 1 aromatic carbocycles. The zero-order chi connectivity index (χ0) is 13.5. The molecule has 1 rings (SSSR count). The largest absolute Gasteiger partial charge is 0.374 e. The number of anilines is 1. The van der Waals surface area contributed by atoms with E-state index in [1.807, 2.05) is 6.92 Å². The van der Waals surface area contributed by atoms with Gasteiger partial charge >= 0.3 is 0 Å². The lowest BCUT2D eigenvalue weighted by atomic mass is 10.3. The fourth-order valence-corrected chi connectivity index (χ4v) is 1.30. The van der Waals surface area contributed by atoms with Crippen LogP contribution >= 0.6 is 0 Å². The quantitative estimate of drug-likeness (QED) is 0.609. The Kier molecular flexibility index (Phi) is 5.48. The van der Waals surface area contributed by atoms with Gasteiger partial charge in [0.1, 0.15) is 5.82 Å². The molecule has 0 saturated carbocycles. The van der Waals surface area contributed by atoms with Gasteiger partial charge < -0.3 is 10.6 Å². The minimum absolute atomic E-state index is 0.189. The standard InChI is InChI=1S/C12H15F3N2O/c1-2-3-4-16-12(18)7-17-11-6-9(14)8(13)5-10(11)15/h5-6,17H,2-4,7H2,1H3,(H,16,18). The van der Waals surface area contributed by atoms with E-state index in [9.17, 15) is 18.0 Å². The molecule has 100 valence electrons. The molecule has 3 nitrogen and oxygen atoms in total. The van der Waals surface area contributed by atoms with Gasteiger partial charge in [0.2, 0.25) is 5.91 Å². The Morgan fingerprint density at radius 2 is 1.83 bits per heavy atom. The Morgan fingerprint density at radius 3 is 2.50 bits per heavy atom. The first-order valence-corrected chi connectivity index (χ1v) is 5.69. The first-order chi connectivity index (χ1) is 8.54. The van der Waals surface area contributed by atoms with E-state index in [0.717, 1.165) is 12.8 Å². The van der Waals surface area contributed by atoms with Crippen molar-refractivity contribution in [3.8, 4) is 0 Å². The normalized spacial score (nSPS) is 10.2. The molecule has 0 saturated heterocycles. The maximum Gasteiger partial charge on any atom is 0.239 e. The molecule has 0 bridgehead atoms. The van der Waals surface area contributed by atoms with Gasteiger partial charge in [-0.15, -0.1) is 0 Å². The Balaban J connectivity index is 2.48. The van der Waals surface area contributed by atoms with Crippen LogP contribution in [0.1, 0.15) is 19.8 Å². The van der Waals surface area contributed by atoms with Crippen LogP contribution in [-0.2, 0) is 4.79 Å². The summed E-state index contributed by atoms with van der Waals surface area (Å²) in [6.07, 6.45) is 1.80. The zero-order valence-corrected chi connectivity index (χ0v) is 10.0. The van der Waals surface area contributed by atoms with Gasteiger partial charge in [-0.05, 0) is 6.42 Å². The molecule has 0 atom stereocenters. The summed E-state index contributed by atoms with van der Waals surface area (Å²) in [4.78, 5) is 11.3. The molecule has 1 aromatic rings. The lowest BCUT2D eigenvalue weighted by molar-refractivity contribution is -0.119. The third kappa shape index (κ3) is 4.27. The maximum atomic E-state index is 13.2. The Bertz CT molecular complexity index is 424. The fourth-order valence-electron chi connectivity index (χ4n) is 1.30. The molecule has 18 heavy (non-hydrogen) atoms. The Morgan fingerprint density at radius 1 is 1.17 bits per heavy atom. The van der Waals surface area contributed by atoms with E-state index in [1.165, 1.54) is 0 Å². The summed E-state index contributed by atoms with van der Waals surface area (Å²) in [7, 11) is 0. The van der Waals surface area contributed by atoms with Gasteiger partial charge in [0.15, 0.2) is 11.6 Å². The SMILES string of the molecule is CCCCNC(=O)CNc1cc(F)c(F)cc1F. The van der Waals surface area contributed by atoms with Crippen LogP contribution in [0, 0.1) is 17.5 Å². The molecular weight excluding hydrogens is 245 g/mol. The second-order valence-corrected chi connectivity index (χ2v) is 3.80. The van der Waals surface area contributed by atoms with Gasteiger partial charge in [0, 0.05) is 18.7 Å². The smallest absolute Gasteiger partial charge is 0.239 e. The number of rotatable bonds is 6. The van der Waals surface area contributed by atoms with Crippen LogP contribution in [0.5, 0.6) is 0 Å². The average molecular weight is 260 g/mol. The topological polar surface area (TPSA) is 41.1 Å². The highest BCUT2D eigenvalue weighted by atomic mass is 19.2. The van der Waals surface area contributed by atoms with E-state index in [2.05, 4.69) is 10.6 Å². The lowest BCUT2D eigenvalue weighted by Gasteiger charge is -2.08. The second kappa shape index (κ2) is 6.88. The van der Waals surface area contributed by atoms with Crippen LogP contribution in [0.3, 0.4) is 0 Å². The Hall–Kier alpha value is -1.72. The number of unbranched alkanes of at least 4 members (excludes halogenated alkanes) is 1. The van der Waals surface area contributed by atoms with Crippen molar-refractivity contribution in [2.45, 2.75) is 19.8 Å². The van der Waals surface area contributed by atoms with Gasteiger partial charge in [0.05, 0.1) is 12.2 Å². The van der Waals surface area contributed by atoms with Crippen LogP contribution in [0.25, 0.3) is 0 Å². The van der Waals surface area contributed by atoms with Crippen molar-refractivity contribution < 1.29 is 18.0 Å². The predicted octanol–water partition coefficient (Wildman–Crippen LogP) is 2.43. The molecule has 2 N–H and O–H groups in total. The summed E-state index contributed by atoms with van der Waals surface area (Å²) in [6.45, 7) is 2.34. The van der Waals surface area contributed by atoms with Crippen molar-refractivity contribution in [1.29, 1.82) is 0 Å². The third-order valence-corrected chi connectivity index (χ3v) is 2.30. The lowest BCUT2D eigenvalue weighted by Crippen LogP contribution is -2.30. The van der Waals surface area contributed by atoms with Crippen LogP contribution in [0.15, 0.2) is 12.1 Å². The van der Waals surface area contributed by atoms with E-state index < -0.39 is 17.5 Å². The van der Waals surface area contributed by atoms with E-state index >= 15 is 0 Å². The molecule has 0 aliphatic heterocycles. The van der Waals surface area contributed by atoms with Crippen LogP contribution < -0.4 is 10.6 Å². The summed E-state index contributed by atoms with van der Waals surface area (Å²) in [5.41, 5.74) is -0.237. The molecule has 0 aromatic heterocycles. The highest BCUT2D eigenvalue weighted by Gasteiger charge is 2.10. The van der Waals surface area contributed by atoms with Crippen LogP contribution in [0.2, 0.25) is 0 Å². The number of carbonyl (C=O) groups excluding carboxylic acids is 1. The van der Waals surface area contributed by atoms with E-state index in [4.69, 9.17) is 0 Å². The summed E-state index contributed by atoms with van der Waals surface area (Å²) >= 11 is 0. The highest BCUT2D eigenvalue weighted by molar-refractivity contribution is 5.80. The van der Waals surface area contributed by atoms with Gasteiger partial charge in [-0.3, -0.25) is 4.79 Å². The first-order valence-electron chi connectivity index (χ1n) is 5.69. The number of hydrogen-bond acceptors (Lipinski definition) is 2. The molecule has 1 amide bonds. The van der Waals surface area contributed by atoms with Gasteiger partial charge in [0.25, 0.3) is 0 Å². The molecule has 6 heteroatoms. The minimum Gasteiger partial charge on any atom is -0.374 e. The summed E-state index contributed by atoms with van der Waals surface area (Å²) < 4.78 is 38.7. The van der Waals surface area contributed by atoms with E-state index in [1.54, 1.807) is 0 Å². The van der Waals surface area contributed by atoms with Crippen molar-refractivity contribution in [2.75, 3.05) is 18.4 Å². The van der Waals surface area contributed by atoms with Crippen molar-refractivity contribution >= 4 is 11.6 Å². The second-order valence-electron chi connectivity index (χ2n) is 3.80. The summed E-state index contributed by atoms with van der Waals surface area (Å²) in [5, 5.41) is 5.02. The number of hydrogen-bond donors (Lipinski definition) is 2. The van der Waals surface area contributed by atoms with Gasteiger partial charge in [-0.25, -0.2) is 13.2 Å². The van der Waals surface area contributed by atoms with Gasteiger partial charge in [-0.1, -0.05) is 13.3 Å². The molecule has 0 aliphatic rings. The molecule has 0 unspecified atom stereocenters. The highest BCUT2D eigenvalue weighted by Crippen LogP contribution is 2.17. The van der Waals surface area contributed by atoms with Crippen molar-refractivity contribution in [3.05, 3.63) is 29.6 Å². The Labute approximate surface area is 103 Å². The minimum atomic E-state index is -1.26. The molecule has 0 aliphatic carbocycles. The van der Waals surface area contributed by atoms with Crippen LogP contribution in [0.4, 0.5) is 18.9 Å². The molecule has 0 spiro atoms. The third-order valence-electron chi connectivity index (χ3n) is 2.30. The summed E-state index contributed by atoms with van der Waals surface area (Å²) in [6, 6.07) is 1.12. The number of amides is 1. The van der Waals surface area contributed by atoms with Gasteiger partial charge in [-0.2, -0.15) is 0 Å². The van der Waals surface area contributed by atoms with E-state index in [-0.39, 0.29) is 18.1 Å². The van der Waals surface area contributed by atoms with Crippen molar-refractivity contribution in [3.63, 3.8) is 0 Å². The van der Waals surface area contributed by atoms with E-state index in [0.29, 0.717) is 18.7 Å². The number of benzene rings is 1. The predicted molar refractivity (Wildman–Crippen MR) is 62.7 cm³/mol. The fraction of sp³-hybridized carbons (Fsp3) is 0.417. The first kappa shape index (κ1) is 14.3. The van der Waals surface area contributed by atoms with Crippen molar-refractivity contribution in [1.82, 2.24) is 5.32 Å². The average Bonchev–Trinajstić information content (AvgIpc) is 2.32. The zero-order valence-electron chi connectivity index (χ0n) is 10.0. The molecule has 0 heterocycles. The summed E-state index contributed by atoms with van der Waals surface area (Å²) in [5.74, 6) is -3.68. The molecular formula is C12H15F3N2O. The van der Waals surface area contributed by atoms with Crippen molar-refractivity contribution in [2.24, 2.45) is 0 Å².